The molecule has 0 bridgehead atoms. The van der Waals surface area contributed by atoms with E-state index in [9.17, 15) is 4.79 Å². The van der Waals surface area contributed by atoms with E-state index in [1.54, 1.807) is 7.11 Å². The molecular weight excluding hydrogens is 316 g/mol. The van der Waals surface area contributed by atoms with Gasteiger partial charge in [-0.3, -0.25) is 5.32 Å². The van der Waals surface area contributed by atoms with Crippen LogP contribution in [0.4, 0.5) is 10.6 Å². The van der Waals surface area contributed by atoms with Gasteiger partial charge in [0.2, 0.25) is 0 Å². The maximum atomic E-state index is 12.5. The highest BCUT2D eigenvalue weighted by Gasteiger charge is 2.44. The first-order chi connectivity index (χ1) is 12.1. The number of aryl methyl sites for hydroxylation is 1. The van der Waals surface area contributed by atoms with Gasteiger partial charge < -0.3 is 9.64 Å². The van der Waals surface area contributed by atoms with E-state index in [4.69, 9.17) is 4.74 Å². The summed E-state index contributed by atoms with van der Waals surface area (Å²) in [5.74, 6) is 1.40. The number of aromatic nitrogens is 2. The summed E-state index contributed by atoms with van der Waals surface area (Å²) in [7, 11) is 1.65. The molecule has 0 unspecified atom stereocenters. The molecule has 0 atom stereocenters. The van der Waals surface area contributed by atoms with Crippen LogP contribution in [0.2, 0.25) is 0 Å². The smallest absolute Gasteiger partial charge is 0.323 e. The fraction of sp³-hybridized carbons (Fsp3) is 0.474. The molecule has 1 saturated carbocycles. The summed E-state index contributed by atoms with van der Waals surface area (Å²) in [6.07, 6.45) is 4.98. The van der Waals surface area contributed by atoms with Crippen LogP contribution in [0, 0.1) is 12.3 Å². The topological polar surface area (TPSA) is 59.4 Å². The third-order valence-corrected chi connectivity index (χ3v) is 5.58. The Morgan fingerprint density at radius 3 is 2.60 bits per heavy atom. The summed E-state index contributed by atoms with van der Waals surface area (Å²) in [4.78, 5) is 14.5. The number of methoxy groups -OCH3 is 1. The largest absolute Gasteiger partial charge is 0.497 e. The number of nitrogens with zero attached hydrogens (tertiary/aromatic N) is 3. The zero-order valence-corrected chi connectivity index (χ0v) is 14.8. The van der Waals surface area contributed by atoms with E-state index in [0.29, 0.717) is 11.2 Å². The molecule has 2 amide bonds. The lowest BCUT2D eigenvalue weighted by atomic mass is 9.68. The van der Waals surface area contributed by atoms with Crippen molar-refractivity contribution < 1.29 is 9.53 Å². The summed E-state index contributed by atoms with van der Waals surface area (Å²) in [5, 5.41) is 7.49. The number of ether oxygens (including phenoxy) is 1. The minimum atomic E-state index is -0.0387. The van der Waals surface area contributed by atoms with Gasteiger partial charge in [-0.25, -0.2) is 9.48 Å². The van der Waals surface area contributed by atoms with Crippen molar-refractivity contribution in [3.05, 3.63) is 36.0 Å². The first-order valence-corrected chi connectivity index (χ1v) is 8.86. The second-order valence-corrected chi connectivity index (χ2v) is 7.24. The number of rotatable bonds is 3. The van der Waals surface area contributed by atoms with E-state index in [-0.39, 0.29) is 6.03 Å². The average Bonchev–Trinajstić information content (AvgIpc) is 3.19. The molecule has 1 aromatic heterocycles. The molecule has 2 aromatic rings. The van der Waals surface area contributed by atoms with Crippen molar-refractivity contribution in [2.75, 3.05) is 25.5 Å². The second-order valence-electron chi connectivity index (χ2n) is 7.24. The third-order valence-electron chi connectivity index (χ3n) is 5.58. The minimum Gasteiger partial charge on any atom is -0.497 e. The second kappa shape index (κ2) is 6.10. The fourth-order valence-electron chi connectivity index (χ4n) is 3.90. The van der Waals surface area contributed by atoms with E-state index in [2.05, 4.69) is 10.4 Å². The molecular formula is C19H24N4O2. The van der Waals surface area contributed by atoms with Gasteiger partial charge in [0.25, 0.3) is 0 Å². The maximum Gasteiger partial charge on any atom is 0.323 e. The SMILES string of the molecule is COc1ccc(-n2nc(NC(=O)N3CCC4(CCC4)C3)cc2C)cc1. The number of benzene rings is 1. The van der Waals surface area contributed by atoms with Crippen molar-refractivity contribution in [2.24, 2.45) is 5.41 Å². The molecule has 1 aromatic carbocycles. The molecule has 1 aliphatic heterocycles. The molecule has 132 valence electrons. The van der Waals surface area contributed by atoms with Gasteiger partial charge in [0, 0.05) is 24.8 Å². The lowest BCUT2D eigenvalue weighted by Gasteiger charge is -2.37. The van der Waals surface area contributed by atoms with Crippen LogP contribution in [0.3, 0.4) is 0 Å². The molecule has 1 N–H and O–H groups in total. The van der Waals surface area contributed by atoms with Crippen molar-refractivity contribution in [1.82, 2.24) is 14.7 Å². The Morgan fingerprint density at radius 2 is 2.00 bits per heavy atom. The predicted octanol–water partition coefficient (Wildman–Crippen LogP) is 3.60. The predicted molar refractivity (Wildman–Crippen MR) is 96.3 cm³/mol. The molecule has 1 saturated heterocycles. The van der Waals surface area contributed by atoms with Gasteiger partial charge in [-0.2, -0.15) is 0 Å². The number of amides is 2. The highest BCUT2D eigenvalue weighted by molar-refractivity contribution is 5.88. The molecule has 2 aliphatic rings. The Hall–Kier alpha value is -2.50. The summed E-state index contributed by atoms with van der Waals surface area (Å²) in [6, 6.07) is 9.56. The van der Waals surface area contributed by atoms with E-state index in [1.165, 1.54) is 19.3 Å². The molecule has 2 heterocycles. The number of nitrogens with one attached hydrogen (secondary N) is 1. The number of carbonyl (C=O) groups is 1. The number of likely N-dealkylation sites (tertiary alicyclic amines) is 1. The number of urea groups is 1. The molecule has 25 heavy (non-hydrogen) atoms. The Bertz CT molecular complexity index is 777. The van der Waals surface area contributed by atoms with Crippen molar-refractivity contribution in [1.29, 1.82) is 0 Å². The zero-order chi connectivity index (χ0) is 17.4. The lowest BCUT2D eigenvalue weighted by Crippen LogP contribution is -2.38. The Kier molecular flexibility index (Phi) is 3.90. The van der Waals surface area contributed by atoms with Gasteiger partial charge >= 0.3 is 6.03 Å². The highest BCUT2D eigenvalue weighted by atomic mass is 16.5. The van der Waals surface area contributed by atoms with E-state index in [1.807, 2.05) is 46.8 Å². The van der Waals surface area contributed by atoms with Crippen LogP contribution in [0.15, 0.2) is 30.3 Å². The first-order valence-electron chi connectivity index (χ1n) is 8.86. The van der Waals surface area contributed by atoms with Crippen LogP contribution < -0.4 is 10.1 Å². The van der Waals surface area contributed by atoms with Crippen molar-refractivity contribution in [3.8, 4) is 11.4 Å². The molecule has 2 fully saturated rings. The number of hydrogen-bond acceptors (Lipinski definition) is 3. The lowest BCUT2D eigenvalue weighted by molar-refractivity contribution is 0.144. The van der Waals surface area contributed by atoms with Gasteiger partial charge in [-0.1, -0.05) is 6.42 Å². The highest BCUT2D eigenvalue weighted by Crippen LogP contribution is 2.47. The summed E-state index contributed by atoms with van der Waals surface area (Å²) in [5.41, 5.74) is 2.32. The van der Waals surface area contributed by atoms with Gasteiger partial charge in [-0.15, -0.1) is 5.10 Å². The summed E-state index contributed by atoms with van der Waals surface area (Å²) in [6.45, 7) is 3.72. The van der Waals surface area contributed by atoms with Crippen molar-refractivity contribution in [2.45, 2.75) is 32.6 Å². The van der Waals surface area contributed by atoms with Crippen molar-refractivity contribution >= 4 is 11.8 Å². The normalized spacial score (nSPS) is 18.2. The quantitative estimate of drug-likeness (QED) is 0.929. The molecule has 6 heteroatoms. The molecule has 0 radical (unpaired) electrons. The summed E-state index contributed by atoms with van der Waals surface area (Å²) < 4.78 is 7.01. The Labute approximate surface area is 147 Å². The Balaban J connectivity index is 1.45. The molecule has 4 rings (SSSR count). The number of anilines is 1. The van der Waals surface area contributed by atoms with Crippen molar-refractivity contribution in [3.63, 3.8) is 0 Å². The summed E-state index contributed by atoms with van der Waals surface area (Å²) >= 11 is 0. The minimum absolute atomic E-state index is 0.0387. The number of carbonyl (C=O) groups excluding carboxylic acids is 1. The molecule has 1 aliphatic carbocycles. The van der Waals surface area contributed by atoms with E-state index in [0.717, 1.165) is 36.6 Å². The Morgan fingerprint density at radius 1 is 1.24 bits per heavy atom. The van der Waals surface area contributed by atoms with Crippen LogP contribution in [-0.2, 0) is 0 Å². The van der Waals surface area contributed by atoms with Gasteiger partial charge in [0.05, 0.1) is 12.8 Å². The van der Waals surface area contributed by atoms with E-state index >= 15 is 0 Å². The van der Waals surface area contributed by atoms with Crippen LogP contribution in [0.5, 0.6) is 5.75 Å². The van der Waals surface area contributed by atoms with Crippen LogP contribution in [0.1, 0.15) is 31.4 Å². The van der Waals surface area contributed by atoms with Crippen LogP contribution in [-0.4, -0.2) is 40.9 Å². The maximum absolute atomic E-state index is 12.5. The fourth-order valence-corrected chi connectivity index (χ4v) is 3.90. The zero-order valence-electron chi connectivity index (χ0n) is 14.8. The first kappa shape index (κ1) is 16.0. The van der Waals surface area contributed by atoms with Crippen LogP contribution in [0.25, 0.3) is 5.69 Å². The molecule has 1 spiro atoms. The standard InChI is InChI=1S/C19H24N4O2/c1-14-12-17(21-23(14)15-4-6-16(25-2)7-5-15)20-18(24)22-11-10-19(13-22)8-3-9-19/h4-7,12H,3,8-11,13H2,1-2H3,(H,20,21,24). The molecule has 6 nitrogen and oxygen atoms in total. The van der Waals surface area contributed by atoms with Crippen LogP contribution >= 0.6 is 0 Å². The van der Waals surface area contributed by atoms with Gasteiger partial charge in [-0.05, 0) is 55.9 Å². The van der Waals surface area contributed by atoms with Gasteiger partial charge in [0.1, 0.15) is 5.75 Å². The monoisotopic (exact) mass is 340 g/mol. The van der Waals surface area contributed by atoms with Gasteiger partial charge in [0.15, 0.2) is 5.82 Å². The van der Waals surface area contributed by atoms with E-state index < -0.39 is 0 Å². The number of hydrogen-bond donors (Lipinski definition) is 1. The average molecular weight is 340 g/mol. The third kappa shape index (κ3) is 2.97.